The SMILES string of the molecule is CCn1nccc1C(=O)N[C@H](c1nc2c(F)c(-c3cnccc3C(=O)N(C)C)ncc2[nH]1)[C@H]1CC[C@H](C)CC1. The number of aromatic amines is 1. The van der Waals surface area contributed by atoms with Crippen molar-refractivity contribution >= 4 is 22.8 Å². The Morgan fingerprint density at radius 3 is 2.67 bits per heavy atom. The van der Waals surface area contributed by atoms with Gasteiger partial charge in [0.05, 0.1) is 23.3 Å². The molecule has 2 amide bonds. The second kappa shape index (κ2) is 10.9. The molecule has 11 heteroatoms. The monoisotopic (exact) mass is 532 g/mol. The number of hydrogen-bond donors (Lipinski definition) is 2. The van der Waals surface area contributed by atoms with Crippen LogP contribution in [0.25, 0.3) is 22.3 Å². The zero-order chi connectivity index (χ0) is 27.7. The van der Waals surface area contributed by atoms with E-state index in [0.29, 0.717) is 40.6 Å². The standard InChI is InChI=1S/C28H33FN8O2/c1-5-37-21(11-13-32-37)27(38)35-23(17-8-6-16(2)7-9-17)26-33-20-15-31-24(22(29)25(20)34-26)19-14-30-12-10-18(19)28(39)36(3)4/h10-17,23H,5-9H2,1-4H3,(H,33,34)(H,35,38)/t16-,17-,23-/m0/s1. The van der Waals surface area contributed by atoms with E-state index in [9.17, 15) is 9.59 Å². The van der Waals surface area contributed by atoms with Crippen LogP contribution < -0.4 is 5.32 Å². The molecule has 4 aromatic heterocycles. The minimum Gasteiger partial charge on any atom is -0.345 e. The second-order valence-corrected chi connectivity index (χ2v) is 10.4. The van der Waals surface area contributed by atoms with Gasteiger partial charge in [-0.3, -0.25) is 24.2 Å². The van der Waals surface area contributed by atoms with E-state index < -0.39 is 11.9 Å². The van der Waals surface area contributed by atoms with Gasteiger partial charge in [0.1, 0.15) is 22.7 Å². The Balaban J connectivity index is 1.54. The topological polar surface area (TPSA) is 122 Å². The van der Waals surface area contributed by atoms with Crippen molar-refractivity contribution in [1.29, 1.82) is 0 Å². The highest BCUT2D eigenvalue weighted by Gasteiger charge is 2.32. The van der Waals surface area contributed by atoms with Crippen LogP contribution >= 0.6 is 0 Å². The van der Waals surface area contributed by atoms with Crippen molar-refractivity contribution < 1.29 is 14.0 Å². The first kappa shape index (κ1) is 26.5. The van der Waals surface area contributed by atoms with Gasteiger partial charge >= 0.3 is 0 Å². The Labute approximate surface area is 226 Å². The summed E-state index contributed by atoms with van der Waals surface area (Å²) >= 11 is 0. The molecule has 4 aromatic rings. The van der Waals surface area contributed by atoms with Crippen LogP contribution in [0.5, 0.6) is 0 Å². The van der Waals surface area contributed by atoms with Gasteiger partial charge in [-0.1, -0.05) is 19.8 Å². The molecule has 1 aliphatic rings. The number of amides is 2. The molecule has 1 fully saturated rings. The second-order valence-electron chi connectivity index (χ2n) is 10.4. The third-order valence-corrected chi connectivity index (χ3v) is 7.56. The molecular formula is C28H33FN8O2. The van der Waals surface area contributed by atoms with Crippen LogP contribution in [0.3, 0.4) is 0 Å². The summed E-state index contributed by atoms with van der Waals surface area (Å²) in [5.41, 5.74) is 1.57. The highest BCUT2D eigenvalue weighted by atomic mass is 19.1. The average Bonchev–Trinajstić information content (AvgIpc) is 3.60. The number of aryl methyl sites for hydroxylation is 1. The van der Waals surface area contributed by atoms with E-state index in [4.69, 9.17) is 0 Å². The first-order valence-corrected chi connectivity index (χ1v) is 13.3. The van der Waals surface area contributed by atoms with E-state index >= 15 is 4.39 Å². The lowest BCUT2D eigenvalue weighted by Crippen LogP contribution is -2.36. The number of halogens is 1. The Kier molecular flexibility index (Phi) is 7.40. The Morgan fingerprint density at radius 1 is 1.18 bits per heavy atom. The molecule has 0 unspecified atom stereocenters. The molecular weight excluding hydrogens is 499 g/mol. The van der Waals surface area contributed by atoms with Crippen LogP contribution in [0, 0.1) is 17.7 Å². The number of carbonyl (C=O) groups excluding carboxylic acids is 2. The molecule has 5 rings (SSSR count). The molecule has 1 atom stereocenters. The summed E-state index contributed by atoms with van der Waals surface area (Å²) in [4.78, 5) is 43.8. The Morgan fingerprint density at radius 2 is 1.95 bits per heavy atom. The number of hydrogen-bond acceptors (Lipinski definition) is 6. The van der Waals surface area contributed by atoms with Gasteiger partial charge in [-0.15, -0.1) is 0 Å². The minimum atomic E-state index is -0.651. The third kappa shape index (κ3) is 5.13. The molecule has 4 heterocycles. The summed E-state index contributed by atoms with van der Waals surface area (Å²) in [6.45, 7) is 4.73. The molecule has 10 nitrogen and oxygen atoms in total. The van der Waals surface area contributed by atoms with E-state index in [0.717, 1.165) is 25.7 Å². The molecule has 204 valence electrons. The number of H-pyrrole nitrogens is 1. The number of rotatable bonds is 7. The summed E-state index contributed by atoms with van der Waals surface area (Å²) in [6, 6.07) is 2.80. The summed E-state index contributed by atoms with van der Waals surface area (Å²) < 4.78 is 17.6. The van der Waals surface area contributed by atoms with E-state index in [2.05, 4.69) is 37.3 Å². The summed E-state index contributed by atoms with van der Waals surface area (Å²) in [5, 5.41) is 7.38. The Bertz CT molecular complexity index is 1500. The summed E-state index contributed by atoms with van der Waals surface area (Å²) in [7, 11) is 3.26. The minimum absolute atomic E-state index is 0.00206. The van der Waals surface area contributed by atoms with Crippen LogP contribution in [0.1, 0.15) is 72.2 Å². The first-order valence-electron chi connectivity index (χ1n) is 13.3. The number of nitrogens with zero attached hydrogens (tertiary/aromatic N) is 6. The number of aromatic nitrogens is 6. The van der Waals surface area contributed by atoms with Crippen molar-refractivity contribution in [2.75, 3.05) is 14.1 Å². The molecule has 1 saturated carbocycles. The molecule has 39 heavy (non-hydrogen) atoms. The van der Waals surface area contributed by atoms with Crippen molar-refractivity contribution in [3.05, 3.63) is 59.8 Å². The Hall–Kier alpha value is -4.15. The van der Waals surface area contributed by atoms with E-state index in [1.807, 2.05) is 6.92 Å². The van der Waals surface area contributed by atoms with Gasteiger partial charge in [0, 0.05) is 44.8 Å². The van der Waals surface area contributed by atoms with Gasteiger partial charge < -0.3 is 15.2 Å². The maximum atomic E-state index is 16.0. The van der Waals surface area contributed by atoms with Crippen LogP contribution in [-0.2, 0) is 6.54 Å². The van der Waals surface area contributed by atoms with Crippen molar-refractivity contribution in [3.8, 4) is 11.3 Å². The first-order chi connectivity index (χ1) is 18.8. The number of fused-ring (bicyclic) bond motifs is 1. The largest absolute Gasteiger partial charge is 0.345 e. The van der Waals surface area contributed by atoms with Crippen molar-refractivity contribution in [2.24, 2.45) is 11.8 Å². The van der Waals surface area contributed by atoms with Gasteiger partial charge in [0.15, 0.2) is 5.82 Å². The number of carbonyl (C=O) groups is 2. The fourth-order valence-electron chi connectivity index (χ4n) is 5.33. The van der Waals surface area contributed by atoms with Crippen LogP contribution in [0.15, 0.2) is 36.9 Å². The summed E-state index contributed by atoms with van der Waals surface area (Å²) in [6.07, 6.45) is 9.99. The fourth-order valence-corrected chi connectivity index (χ4v) is 5.33. The highest BCUT2D eigenvalue weighted by Crippen LogP contribution is 2.37. The predicted octanol–water partition coefficient (Wildman–Crippen LogP) is 4.37. The molecule has 0 spiro atoms. The van der Waals surface area contributed by atoms with Gasteiger partial charge in [-0.25, -0.2) is 9.37 Å². The van der Waals surface area contributed by atoms with Gasteiger partial charge in [-0.05, 0) is 43.7 Å². The van der Waals surface area contributed by atoms with Gasteiger partial charge in [-0.2, -0.15) is 5.10 Å². The van der Waals surface area contributed by atoms with Crippen LogP contribution in [0.4, 0.5) is 4.39 Å². The molecule has 0 bridgehead atoms. The highest BCUT2D eigenvalue weighted by molar-refractivity contribution is 6.00. The van der Waals surface area contributed by atoms with E-state index in [-0.39, 0.29) is 28.9 Å². The fraction of sp³-hybridized carbons (Fsp3) is 0.429. The maximum absolute atomic E-state index is 16.0. The third-order valence-electron chi connectivity index (χ3n) is 7.56. The number of imidazole rings is 1. The molecule has 2 N–H and O–H groups in total. The quantitative estimate of drug-likeness (QED) is 0.364. The van der Waals surface area contributed by atoms with Crippen LogP contribution in [-0.4, -0.2) is 60.5 Å². The lowest BCUT2D eigenvalue weighted by atomic mass is 9.79. The predicted molar refractivity (Wildman–Crippen MR) is 144 cm³/mol. The van der Waals surface area contributed by atoms with Gasteiger partial charge in [0.25, 0.3) is 11.8 Å². The smallest absolute Gasteiger partial charge is 0.270 e. The molecule has 0 radical (unpaired) electrons. The lowest BCUT2D eigenvalue weighted by Gasteiger charge is -2.32. The molecule has 0 saturated heterocycles. The summed E-state index contributed by atoms with van der Waals surface area (Å²) in [5.74, 6) is 0.0626. The van der Waals surface area contributed by atoms with E-state index in [1.54, 1.807) is 37.1 Å². The van der Waals surface area contributed by atoms with Crippen molar-refractivity contribution in [2.45, 2.75) is 52.1 Å². The number of nitrogens with one attached hydrogen (secondary N) is 2. The lowest BCUT2D eigenvalue weighted by molar-refractivity contribution is 0.0827. The van der Waals surface area contributed by atoms with Crippen molar-refractivity contribution in [1.82, 2.24) is 39.9 Å². The van der Waals surface area contributed by atoms with E-state index in [1.165, 1.54) is 23.5 Å². The molecule has 0 aromatic carbocycles. The zero-order valence-electron chi connectivity index (χ0n) is 22.6. The zero-order valence-corrected chi connectivity index (χ0v) is 22.6. The molecule has 0 aliphatic heterocycles. The normalized spacial score (nSPS) is 18.2. The maximum Gasteiger partial charge on any atom is 0.270 e. The number of pyridine rings is 2. The van der Waals surface area contributed by atoms with Gasteiger partial charge in [0.2, 0.25) is 0 Å². The van der Waals surface area contributed by atoms with Crippen LogP contribution in [0.2, 0.25) is 0 Å². The molecule has 1 aliphatic carbocycles. The van der Waals surface area contributed by atoms with Crippen molar-refractivity contribution in [3.63, 3.8) is 0 Å². The average molecular weight is 533 g/mol.